The van der Waals surface area contributed by atoms with Crippen molar-refractivity contribution in [3.63, 3.8) is 0 Å². The molecule has 0 aromatic carbocycles. The summed E-state index contributed by atoms with van der Waals surface area (Å²) in [6.07, 6.45) is 6.77. The summed E-state index contributed by atoms with van der Waals surface area (Å²) in [5.41, 5.74) is 0. The third kappa shape index (κ3) is 7.74. The van der Waals surface area contributed by atoms with E-state index >= 15 is 0 Å². The fraction of sp³-hybridized carbons (Fsp3) is 0.765. The van der Waals surface area contributed by atoms with Gasteiger partial charge in [-0.15, -0.1) is 0 Å². The lowest BCUT2D eigenvalue weighted by atomic mass is 10.1. The minimum atomic E-state index is -3.53. The summed E-state index contributed by atoms with van der Waals surface area (Å²) in [5.74, 6) is -2.02. The van der Waals surface area contributed by atoms with Gasteiger partial charge < -0.3 is 19.8 Å². The molecule has 0 saturated carbocycles. The molecule has 0 bridgehead atoms. The number of sulfone groups is 1. The second kappa shape index (κ2) is 11.2. The van der Waals surface area contributed by atoms with E-state index in [0.29, 0.717) is 19.3 Å². The first-order valence-electron chi connectivity index (χ1n) is 8.95. The van der Waals surface area contributed by atoms with Crippen LogP contribution in [0.2, 0.25) is 0 Å². The van der Waals surface area contributed by atoms with Gasteiger partial charge in [0, 0.05) is 6.54 Å². The topological polar surface area (TPSA) is 121 Å². The van der Waals surface area contributed by atoms with Crippen molar-refractivity contribution in [3.05, 3.63) is 12.3 Å². The second-order valence-corrected chi connectivity index (χ2v) is 8.60. The van der Waals surface area contributed by atoms with E-state index in [1.54, 1.807) is 6.08 Å². The Bertz CT molecular complexity index is 588. The first kappa shape index (κ1) is 22.4. The van der Waals surface area contributed by atoms with Crippen LogP contribution in [0.1, 0.15) is 51.9 Å². The van der Waals surface area contributed by atoms with Crippen LogP contribution >= 0.6 is 0 Å². The van der Waals surface area contributed by atoms with E-state index in [0.717, 1.165) is 19.3 Å². The lowest BCUT2D eigenvalue weighted by Gasteiger charge is -2.23. The number of rotatable bonds is 13. The molecule has 1 amide bonds. The Balaban J connectivity index is 2.51. The zero-order chi connectivity index (χ0) is 19.6. The number of carbonyl (C=O) groups is 2. The number of amides is 1. The number of carboxylic acid groups (broad SMARTS) is 1. The molecule has 2 unspecified atom stereocenters. The number of nitrogens with zero attached hydrogens (tertiary/aromatic N) is 1. The zero-order valence-electron chi connectivity index (χ0n) is 15.2. The van der Waals surface area contributed by atoms with Crippen LogP contribution in [0.4, 0.5) is 0 Å². The van der Waals surface area contributed by atoms with E-state index in [2.05, 4.69) is 6.92 Å². The molecule has 1 rings (SSSR count). The van der Waals surface area contributed by atoms with Crippen molar-refractivity contribution in [1.82, 2.24) is 4.90 Å². The largest absolute Gasteiger partial charge is 0.490 e. The molecule has 0 aromatic heterocycles. The Hall–Kier alpha value is -1.61. The Labute approximate surface area is 154 Å². The van der Waals surface area contributed by atoms with Crippen LogP contribution in [0.5, 0.6) is 0 Å². The van der Waals surface area contributed by atoms with Crippen molar-refractivity contribution in [2.24, 2.45) is 0 Å². The van der Waals surface area contributed by atoms with E-state index in [1.165, 1.54) is 11.2 Å². The number of unbranched alkanes of at least 4 members (excludes halogenated alkanes) is 2. The standard InChI is InChI=1S/C17H29NO7S/c1-2-3-4-7-14(19)8-9-16-18(15(20)13-26(16,23)24)10-5-6-11-25-12-17(21)22/h6,11,14,16,19H,2-5,7-10,12-13H2,1H3,(H,21,22)/b11-6-. The van der Waals surface area contributed by atoms with E-state index in [4.69, 9.17) is 9.84 Å². The molecular formula is C17H29NO7S. The van der Waals surface area contributed by atoms with Gasteiger partial charge in [0.15, 0.2) is 16.4 Å². The van der Waals surface area contributed by atoms with Gasteiger partial charge in [0.1, 0.15) is 11.1 Å². The number of aliphatic hydroxyl groups is 1. The van der Waals surface area contributed by atoms with E-state index in [1.807, 2.05) is 0 Å². The van der Waals surface area contributed by atoms with E-state index < -0.39 is 45.6 Å². The fourth-order valence-electron chi connectivity index (χ4n) is 2.89. The Morgan fingerprint density at radius 3 is 2.77 bits per heavy atom. The molecule has 1 heterocycles. The van der Waals surface area contributed by atoms with E-state index in [-0.39, 0.29) is 13.0 Å². The van der Waals surface area contributed by atoms with Crippen molar-refractivity contribution in [3.8, 4) is 0 Å². The van der Waals surface area contributed by atoms with Gasteiger partial charge in [-0.3, -0.25) is 4.79 Å². The van der Waals surface area contributed by atoms with Crippen molar-refractivity contribution < 1.29 is 33.0 Å². The summed E-state index contributed by atoms with van der Waals surface area (Å²) in [6, 6.07) is 0. The quantitative estimate of drug-likeness (QED) is 0.358. The third-order valence-corrected chi connectivity index (χ3v) is 6.20. The summed E-state index contributed by atoms with van der Waals surface area (Å²) >= 11 is 0. The molecule has 0 aromatic rings. The number of aliphatic hydroxyl groups excluding tert-OH is 1. The summed E-state index contributed by atoms with van der Waals surface area (Å²) in [6.45, 7) is 1.83. The maximum atomic E-state index is 12.2. The molecule has 1 aliphatic heterocycles. The molecule has 9 heteroatoms. The molecule has 1 saturated heterocycles. The monoisotopic (exact) mass is 391 g/mol. The van der Waals surface area contributed by atoms with Crippen LogP contribution < -0.4 is 0 Å². The van der Waals surface area contributed by atoms with Gasteiger partial charge in [-0.1, -0.05) is 26.2 Å². The van der Waals surface area contributed by atoms with Gasteiger partial charge >= 0.3 is 5.97 Å². The van der Waals surface area contributed by atoms with Crippen molar-refractivity contribution in [2.45, 2.75) is 63.3 Å². The normalized spacial score (nSPS) is 20.6. The molecule has 2 N–H and O–H groups in total. The predicted octanol–water partition coefficient (Wildman–Crippen LogP) is 1.30. The van der Waals surface area contributed by atoms with Crippen molar-refractivity contribution in [2.75, 3.05) is 18.9 Å². The molecule has 0 radical (unpaired) electrons. The Kier molecular flexibility index (Phi) is 9.64. The van der Waals surface area contributed by atoms with Gasteiger partial charge in [-0.25, -0.2) is 13.2 Å². The molecular weight excluding hydrogens is 362 g/mol. The molecule has 8 nitrogen and oxygen atoms in total. The highest BCUT2D eigenvalue weighted by Gasteiger charge is 2.43. The van der Waals surface area contributed by atoms with Crippen LogP contribution in [-0.2, 0) is 24.2 Å². The summed E-state index contributed by atoms with van der Waals surface area (Å²) in [4.78, 5) is 23.7. The SMILES string of the molecule is CCCCCC(O)CCC1N(CC/C=C\OCC(=O)O)C(=O)CS1(=O)=O. The zero-order valence-corrected chi connectivity index (χ0v) is 16.0. The number of hydrogen-bond donors (Lipinski definition) is 2. The van der Waals surface area contributed by atoms with Crippen molar-refractivity contribution in [1.29, 1.82) is 0 Å². The number of hydrogen-bond acceptors (Lipinski definition) is 6. The molecule has 150 valence electrons. The molecule has 0 spiro atoms. The minimum Gasteiger partial charge on any atom is -0.490 e. The van der Waals surface area contributed by atoms with Crippen LogP contribution in [0.3, 0.4) is 0 Å². The Morgan fingerprint density at radius 2 is 2.12 bits per heavy atom. The fourth-order valence-corrected chi connectivity index (χ4v) is 4.70. The molecule has 0 aliphatic carbocycles. The predicted molar refractivity (Wildman–Crippen MR) is 96.0 cm³/mol. The maximum Gasteiger partial charge on any atom is 0.341 e. The summed E-state index contributed by atoms with van der Waals surface area (Å²) in [7, 11) is -3.53. The molecule has 1 fully saturated rings. The van der Waals surface area contributed by atoms with Gasteiger partial charge in [0.25, 0.3) is 0 Å². The van der Waals surface area contributed by atoms with Crippen LogP contribution in [0, 0.1) is 0 Å². The lowest BCUT2D eigenvalue weighted by molar-refractivity contribution is -0.140. The van der Waals surface area contributed by atoms with Gasteiger partial charge in [0.2, 0.25) is 5.91 Å². The van der Waals surface area contributed by atoms with Crippen molar-refractivity contribution >= 4 is 21.7 Å². The number of ether oxygens (including phenoxy) is 1. The number of aliphatic carboxylic acids is 1. The number of carboxylic acids is 1. The average molecular weight is 391 g/mol. The maximum absolute atomic E-state index is 12.2. The summed E-state index contributed by atoms with van der Waals surface area (Å²) < 4.78 is 29.2. The van der Waals surface area contributed by atoms with E-state index in [9.17, 15) is 23.1 Å². The highest BCUT2D eigenvalue weighted by Crippen LogP contribution is 2.24. The lowest BCUT2D eigenvalue weighted by Crippen LogP contribution is -2.36. The first-order valence-corrected chi connectivity index (χ1v) is 10.7. The molecule has 1 aliphatic rings. The Morgan fingerprint density at radius 1 is 1.38 bits per heavy atom. The minimum absolute atomic E-state index is 0.210. The number of carbonyl (C=O) groups excluding carboxylic acids is 1. The molecule has 2 atom stereocenters. The average Bonchev–Trinajstić information content (AvgIpc) is 2.77. The van der Waals surface area contributed by atoms with Gasteiger partial charge in [-0.05, 0) is 31.8 Å². The van der Waals surface area contributed by atoms with Gasteiger partial charge in [-0.2, -0.15) is 0 Å². The highest BCUT2D eigenvalue weighted by molar-refractivity contribution is 7.93. The first-order chi connectivity index (χ1) is 12.3. The molecule has 26 heavy (non-hydrogen) atoms. The second-order valence-electron chi connectivity index (χ2n) is 6.44. The van der Waals surface area contributed by atoms with Crippen LogP contribution in [0.25, 0.3) is 0 Å². The highest BCUT2D eigenvalue weighted by atomic mass is 32.2. The third-order valence-electron chi connectivity index (χ3n) is 4.23. The smallest absolute Gasteiger partial charge is 0.341 e. The van der Waals surface area contributed by atoms with Crippen LogP contribution in [0.15, 0.2) is 12.3 Å². The van der Waals surface area contributed by atoms with Gasteiger partial charge in [0.05, 0.1) is 12.4 Å². The van der Waals surface area contributed by atoms with Crippen LogP contribution in [-0.4, -0.2) is 65.8 Å². The summed E-state index contributed by atoms with van der Waals surface area (Å²) in [5, 5.41) is 17.5.